The summed E-state index contributed by atoms with van der Waals surface area (Å²) in [6.45, 7) is 15.0. The molecule has 0 bridgehead atoms. The third-order valence-electron chi connectivity index (χ3n) is 3.40. The molecular formula is C25H46S. The molecular weight excluding hydrogens is 332 g/mol. The van der Waals surface area contributed by atoms with Crippen molar-refractivity contribution in [3.63, 3.8) is 0 Å². The van der Waals surface area contributed by atoms with Crippen molar-refractivity contribution >= 4 is 22.5 Å². The first-order chi connectivity index (χ1) is 12.7. The SMILES string of the molecule is CC.CCCC.CCCCCC.CCSC.c1ccc2ccccc2c1. The van der Waals surface area contributed by atoms with E-state index in [9.17, 15) is 0 Å². The Hall–Kier alpha value is -0.950. The van der Waals surface area contributed by atoms with Crippen LogP contribution in [0.3, 0.4) is 0 Å². The first-order valence-corrected chi connectivity index (χ1v) is 12.0. The van der Waals surface area contributed by atoms with Gasteiger partial charge in [-0.05, 0) is 22.8 Å². The molecule has 0 spiro atoms. The fraction of sp³-hybridized carbons (Fsp3) is 0.600. The second-order valence-electron chi connectivity index (χ2n) is 5.63. The first kappa shape index (κ1) is 29.8. The van der Waals surface area contributed by atoms with Gasteiger partial charge < -0.3 is 0 Å². The predicted octanol–water partition coefficient (Wildman–Crippen LogP) is 9.63. The van der Waals surface area contributed by atoms with Gasteiger partial charge in [0.05, 0.1) is 0 Å². The molecule has 0 atom stereocenters. The van der Waals surface area contributed by atoms with E-state index in [0.29, 0.717) is 0 Å². The summed E-state index contributed by atoms with van der Waals surface area (Å²) in [5.74, 6) is 1.24. The van der Waals surface area contributed by atoms with Crippen LogP contribution in [0.5, 0.6) is 0 Å². The van der Waals surface area contributed by atoms with Crippen LogP contribution in [-0.4, -0.2) is 12.0 Å². The van der Waals surface area contributed by atoms with Crippen molar-refractivity contribution in [3.05, 3.63) is 48.5 Å². The second kappa shape index (κ2) is 28.8. The Balaban J connectivity index is -0.000000288. The van der Waals surface area contributed by atoms with Gasteiger partial charge in [0.25, 0.3) is 0 Å². The average Bonchev–Trinajstić information content (AvgIpc) is 2.74. The fourth-order valence-corrected chi connectivity index (χ4v) is 1.63. The lowest BCUT2D eigenvalue weighted by atomic mass is 10.1. The number of fused-ring (bicyclic) bond motifs is 1. The number of rotatable bonds is 5. The van der Waals surface area contributed by atoms with E-state index in [1.165, 1.54) is 55.1 Å². The van der Waals surface area contributed by atoms with Crippen molar-refractivity contribution in [3.8, 4) is 0 Å². The molecule has 0 amide bonds. The van der Waals surface area contributed by atoms with E-state index in [1.54, 1.807) is 0 Å². The lowest BCUT2D eigenvalue weighted by Gasteiger charge is -1.92. The van der Waals surface area contributed by atoms with Crippen LogP contribution in [-0.2, 0) is 0 Å². The summed E-state index contributed by atoms with van der Waals surface area (Å²) in [4.78, 5) is 0. The van der Waals surface area contributed by atoms with Crippen LogP contribution in [0.25, 0.3) is 10.8 Å². The smallest absolute Gasteiger partial charge is 0.00988 e. The third-order valence-corrected chi connectivity index (χ3v) is 3.98. The number of hydrogen-bond acceptors (Lipinski definition) is 1. The molecule has 0 saturated carbocycles. The van der Waals surface area contributed by atoms with Crippen LogP contribution in [0.1, 0.15) is 87.0 Å². The maximum atomic E-state index is 2.23. The van der Waals surface area contributed by atoms with Gasteiger partial charge >= 0.3 is 0 Å². The topological polar surface area (TPSA) is 0 Å². The molecule has 2 aromatic rings. The standard InChI is InChI=1S/C10H8.C6H14.C4H10.C3H8S.C2H6/c1-2-6-10-8-4-3-7-9(10)5-1;1-3-5-6-4-2;2*1-3-4-2;1-2/h1-8H;3-6H2,1-2H3;3-4H2,1-2H3;3H2,1-2H3;1-2H3. The third kappa shape index (κ3) is 23.1. The molecule has 0 nitrogen and oxygen atoms in total. The molecule has 0 heterocycles. The largest absolute Gasteiger partial charge is 0.166 e. The molecule has 0 aliphatic carbocycles. The number of benzene rings is 2. The quantitative estimate of drug-likeness (QED) is 0.466. The van der Waals surface area contributed by atoms with Crippen molar-refractivity contribution < 1.29 is 0 Å². The molecule has 0 radical (unpaired) electrons. The van der Waals surface area contributed by atoms with Gasteiger partial charge in [0.15, 0.2) is 0 Å². The first-order valence-electron chi connectivity index (χ1n) is 10.6. The molecule has 0 aromatic heterocycles. The van der Waals surface area contributed by atoms with Crippen LogP contribution >= 0.6 is 11.8 Å². The molecule has 0 aliphatic rings. The fourth-order valence-electron chi connectivity index (χ4n) is 1.63. The van der Waals surface area contributed by atoms with Gasteiger partial charge in [-0.1, -0.05) is 136 Å². The Kier molecular flexibility index (Phi) is 33.1. The monoisotopic (exact) mass is 378 g/mol. The maximum absolute atomic E-state index is 2.23. The second-order valence-corrected chi connectivity index (χ2v) is 6.79. The van der Waals surface area contributed by atoms with E-state index in [0.717, 1.165) is 0 Å². The zero-order chi connectivity index (χ0) is 20.5. The minimum Gasteiger partial charge on any atom is -0.166 e. The molecule has 0 fully saturated rings. The van der Waals surface area contributed by atoms with Crippen LogP contribution in [0, 0.1) is 0 Å². The van der Waals surface area contributed by atoms with Crippen molar-refractivity contribution in [2.24, 2.45) is 0 Å². The van der Waals surface area contributed by atoms with Gasteiger partial charge in [0.2, 0.25) is 0 Å². The summed E-state index contributed by atoms with van der Waals surface area (Å²) in [6.07, 6.45) is 10.3. The van der Waals surface area contributed by atoms with E-state index >= 15 is 0 Å². The van der Waals surface area contributed by atoms with Crippen LogP contribution in [0.2, 0.25) is 0 Å². The highest BCUT2D eigenvalue weighted by Crippen LogP contribution is 2.11. The van der Waals surface area contributed by atoms with E-state index in [2.05, 4.69) is 89.4 Å². The minimum absolute atomic E-state index is 1.24. The Labute approximate surface area is 170 Å². The molecule has 152 valence electrons. The zero-order valence-electron chi connectivity index (χ0n) is 19.0. The van der Waals surface area contributed by atoms with E-state index < -0.39 is 0 Å². The normalized spacial score (nSPS) is 8.46. The Morgan fingerprint density at radius 1 is 0.577 bits per heavy atom. The molecule has 2 rings (SSSR count). The zero-order valence-corrected chi connectivity index (χ0v) is 19.8. The van der Waals surface area contributed by atoms with Gasteiger partial charge in [0.1, 0.15) is 0 Å². The van der Waals surface area contributed by atoms with E-state index in [-0.39, 0.29) is 0 Å². The lowest BCUT2D eigenvalue weighted by Crippen LogP contribution is -1.67. The molecule has 1 heteroatoms. The van der Waals surface area contributed by atoms with Gasteiger partial charge in [-0.3, -0.25) is 0 Å². The van der Waals surface area contributed by atoms with Crippen molar-refractivity contribution in [1.29, 1.82) is 0 Å². The average molecular weight is 379 g/mol. The van der Waals surface area contributed by atoms with E-state index in [4.69, 9.17) is 0 Å². The summed E-state index contributed by atoms with van der Waals surface area (Å²) in [5, 5.41) is 2.62. The summed E-state index contributed by atoms with van der Waals surface area (Å²) >= 11 is 1.86. The summed E-state index contributed by atoms with van der Waals surface area (Å²) in [5.41, 5.74) is 0. The van der Waals surface area contributed by atoms with Crippen molar-refractivity contribution in [2.75, 3.05) is 12.0 Å². The minimum atomic E-state index is 1.24. The maximum Gasteiger partial charge on any atom is -0.00988 e. The number of unbranched alkanes of at least 4 members (excludes halogenated alkanes) is 4. The molecule has 26 heavy (non-hydrogen) atoms. The Morgan fingerprint density at radius 3 is 1.00 bits per heavy atom. The predicted molar refractivity (Wildman–Crippen MR) is 130 cm³/mol. The van der Waals surface area contributed by atoms with Gasteiger partial charge in [0, 0.05) is 0 Å². The number of thioether (sulfide) groups is 1. The van der Waals surface area contributed by atoms with Gasteiger partial charge in [-0.2, -0.15) is 11.8 Å². The van der Waals surface area contributed by atoms with Gasteiger partial charge in [-0.15, -0.1) is 0 Å². The number of hydrogen-bond donors (Lipinski definition) is 0. The summed E-state index contributed by atoms with van der Waals surface area (Å²) in [6, 6.07) is 16.7. The highest BCUT2D eigenvalue weighted by Gasteiger charge is 1.85. The van der Waals surface area contributed by atoms with Crippen LogP contribution in [0.4, 0.5) is 0 Å². The Bertz CT molecular complexity index is 373. The van der Waals surface area contributed by atoms with Crippen molar-refractivity contribution in [1.82, 2.24) is 0 Å². The highest BCUT2D eigenvalue weighted by molar-refractivity contribution is 7.98. The van der Waals surface area contributed by atoms with E-state index in [1.807, 2.05) is 25.6 Å². The highest BCUT2D eigenvalue weighted by atomic mass is 32.2. The summed E-state index contributed by atoms with van der Waals surface area (Å²) in [7, 11) is 0. The van der Waals surface area contributed by atoms with Crippen molar-refractivity contribution in [2.45, 2.75) is 87.0 Å². The summed E-state index contributed by atoms with van der Waals surface area (Å²) < 4.78 is 0. The lowest BCUT2D eigenvalue weighted by molar-refractivity contribution is 0.702. The molecule has 0 aliphatic heterocycles. The Morgan fingerprint density at radius 2 is 0.846 bits per heavy atom. The molecule has 0 N–H and O–H groups in total. The molecule has 0 saturated heterocycles. The van der Waals surface area contributed by atoms with Crippen LogP contribution in [0.15, 0.2) is 48.5 Å². The van der Waals surface area contributed by atoms with Crippen LogP contribution < -0.4 is 0 Å². The molecule has 0 unspecified atom stereocenters. The molecule has 2 aromatic carbocycles. The van der Waals surface area contributed by atoms with Gasteiger partial charge in [-0.25, -0.2) is 0 Å².